The number of rotatable bonds is 11. The van der Waals surface area contributed by atoms with E-state index >= 15 is 0 Å². The largest absolute Gasteiger partial charge is 0.494 e. The Bertz CT molecular complexity index is 986. The minimum Gasteiger partial charge on any atom is -0.494 e. The quantitative estimate of drug-likeness (QED) is 0.330. The second-order valence-corrected chi connectivity index (χ2v) is 9.12. The van der Waals surface area contributed by atoms with E-state index in [4.69, 9.17) is 9.72 Å². The summed E-state index contributed by atoms with van der Waals surface area (Å²) in [4.78, 5) is 22.5. The summed E-state index contributed by atoms with van der Waals surface area (Å²) in [5, 5.41) is 0.755. The number of amides is 1. The zero-order valence-corrected chi connectivity index (χ0v) is 20.8. The highest BCUT2D eigenvalue weighted by atomic mass is 32.1. The Morgan fingerprint density at radius 1 is 1.00 bits per heavy atom. The van der Waals surface area contributed by atoms with Gasteiger partial charge in [-0.05, 0) is 80.9 Å². The van der Waals surface area contributed by atoms with Crippen LogP contribution in [-0.4, -0.2) is 48.6 Å². The van der Waals surface area contributed by atoms with E-state index in [2.05, 4.69) is 51.7 Å². The van der Waals surface area contributed by atoms with E-state index in [-0.39, 0.29) is 5.91 Å². The molecular formula is C26H35N3O2S. The molecule has 0 saturated heterocycles. The monoisotopic (exact) mass is 453 g/mol. The lowest BCUT2D eigenvalue weighted by molar-refractivity contribution is 0.0983. The molecule has 0 N–H and O–H groups in total. The van der Waals surface area contributed by atoms with Crippen molar-refractivity contribution < 1.29 is 9.53 Å². The first-order chi connectivity index (χ1) is 15.5. The molecule has 5 nitrogen and oxygen atoms in total. The van der Waals surface area contributed by atoms with Gasteiger partial charge >= 0.3 is 0 Å². The summed E-state index contributed by atoms with van der Waals surface area (Å²) in [5.41, 5.74) is 4.06. The lowest BCUT2D eigenvalue weighted by Crippen LogP contribution is -2.38. The van der Waals surface area contributed by atoms with Crippen LogP contribution in [0, 0.1) is 13.8 Å². The molecule has 0 saturated carbocycles. The Hall–Kier alpha value is -2.44. The number of thiazole rings is 1. The van der Waals surface area contributed by atoms with Crippen LogP contribution in [0.15, 0.2) is 36.4 Å². The Balaban J connectivity index is 1.87. The van der Waals surface area contributed by atoms with Crippen molar-refractivity contribution in [2.24, 2.45) is 0 Å². The summed E-state index contributed by atoms with van der Waals surface area (Å²) < 4.78 is 6.87. The predicted octanol–water partition coefficient (Wildman–Crippen LogP) is 6.08. The Labute approximate surface area is 196 Å². The van der Waals surface area contributed by atoms with Crippen molar-refractivity contribution in [1.82, 2.24) is 9.88 Å². The van der Waals surface area contributed by atoms with Crippen LogP contribution in [0.3, 0.4) is 0 Å². The Morgan fingerprint density at radius 2 is 1.69 bits per heavy atom. The molecule has 0 spiro atoms. The maximum Gasteiger partial charge on any atom is 0.260 e. The molecule has 3 rings (SSSR count). The first kappa shape index (κ1) is 24.2. The van der Waals surface area contributed by atoms with E-state index in [1.807, 2.05) is 29.2 Å². The smallest absolute Gasteiger partial charge is 0.260 e. The van der Waals surface area contributed by atoms with Gasteiger partial charge in [-0.25, -0.2) is 4.98 Å². The molecule has 32 heavy (non-hydrogen) atoms. The molecule has 0 atom stereocenters. The minimum atomic E-state index is -0.0234. The molecule has 0 fully saturated rings. The van der Waals surface area contributed by atoms with Gasteiger partial charge < -0.3 is 9.64 Å². The third-order valence-electron chi connectivity index (χ3n) is 5.87. The van der Waals surface area contributed by atoms with Gasteiger partial charge in [0.15, 0.2) is 5.13 Å². The first-order valence-electron chi connectivity index (χ1n) is 11.6. The highest BCUT2D eigenvalue weighted by Crippen LogP contribution is 2.31. The van der Waals surface area contributed by atoms with E-state index in [0.717, 1.165) is 53.6 Å². The van der Waals surface area contributed by atoms with Crippen LogP contribution < -0.4 is 9.64 Å². The second-order valence-electron chi connectivity index (χ2n) is 8.11. The van der Waals surface area contributed by atoms with E-state index in [0.29, 0.717) is 18.7 Å². The fourth-order valence-electron chi connectivity index (χ4n) is 3.53. The number of likely N-dealkylation sites (N-methyl/N-ethyl adjacent to an activating group) is 1. The molecule has 6 heteroatoms. The molecule has 172 valence electrons. The normalized spacial score (nSPS) is 11.3. The van der Waals surface area contributed by atoms with Gasteiger partial charge in [0.2, 0.25) is 0 Å². The van der Waals surface area contributed by atoms with Crippen LogP contribution in [-0.2, 0) is 0 Å². The molecule has 1 amide bonds. The van der Waals surface area contributed by atoms with Crippen molar-refractivity contribution in [2.75, 3.05) is 37.7 Å². The summed E-state index contributed by atoms with van der Waals surface area (Å²) in [6.45, 7) is 14.7. The highest BCUT2D eigenvalue weighted by molar-refractivity contribution is 7.22. The van der Waals surface area contributed by atoms with Crippen LogP contribution in [0.2, 0.25) is 0 Å². The van der Waals surface area contributed by atoms with E-state index in [1.54, 1.807) is 11.3 Å². The molecule has 0 unspecified atom stereocenters. The second kappa shape index (κ2) is 11.4. The van der Waals surface area contributed by atoms with E-state index in [1.165, 1.54) is 11.1 Å². The maximum atomic E-state index is 13.6. The van der Waals surface area contributed by atoms with Crippen LogP contribution in [0.1, 0.15) is 55.1 Å². The zero-order valence-electron chi connectivity index (χ0n) is 20.0. The Morgan fingerprint density at radius 3 is 2.34 bits per heavy atom. The number of aryl methyl sites for hydroxylation is 2. The summed E-state index contributed by atoms with van der Waals surface area (Å²) in [7, 11) is 0. The number of ether oxygens (including phenoxy) is 1. The van der Waals surface area contributed by atoms with Crippen molar-refractivity contribution >= 4 is 32.6 Å². The lowest BCUT2D eigenvalue weighted by Gasteiger charge is -2.24. The fourth-order valence-corrected chi connectivity index (χ4v) is 4.60. The number of aromatic nitrogens is 1. The summed E-state index contributed by atoms with van der Waals surface area (Å²) in [5.74, 6) is 0.778. The van der Waals surface area contributed by atoms with Crippen LogP contribution in [0.25, 0.3) is 10.2 Å². The standard InChI is InChI=1S/C26H35N3O2S/c1-6-9-16-31-22-12-10-21(11-13-22)25(30)29(15-14-28(7-2)8-3)26-27-23-17-19(4)20(5)18-24(23)32-26/h10-13,17-18H,6-9,14-16H2,1-5H3. The highest BCUT2D eigenvalue weighted by Gasteiger charge is 2.22. The van der Waals surface area contributed by atoms with Gasteiger partial charge in [0.05, 0.1) is 16.8 Å². The third kappa shape index (κ3) is 5.87. The third-order valence-corrected chi connectivity index (χ3v) is 6.91. The molecular weight excluding hydrogens is 418 g/mol. The summed E-state index contributed by atoms with van der Waals surface area (Å²) in [6.07, 6.45) is 2.12. The van der Waals surface area contributed by atoms with Crippen molar-refractivity contribution in [2.45, 2.75) is 47.5 Å². The number of nitrogens with zero attached hydrogens (tertiary/aromatic N) is 3. The molecule has 0 aliphatic heterocycles. The van der Waals surface area contributed by atoms with Gasteiger partial charge in [-0.1, -0.05) is 38.5 Å². The fraction of sp³-hybridized carbons (Fsp3) is 0.462. The average Bonchev–Trinajstić information content (AvgIpc) is 3.19. The molecule has 0 aliphatic carbocycles. The molecule has 0 bridgehead atoms. The van der Waals surface area contributed by atoms with Crippen molar-refractivity contribution in [3.63, 3.8) is 0 Å². The molecule has 0 aliphatic rings. The number of anilines is 1. The number of carbonyl (C=O) groups is 1. The van der Waals surface area contributed by atoms with Crippen molar-refractivity contribution in [3.05, 3.63) is 53.1 Å². The maximum absolute atomic E-state index is 13.6. The van der Waals surface area contributed by atoms with Crippen LogP contribution in [0.4, 0.5) is 5.13 Å². The zero-order chi connectivity index (χ0) is 23.1. The van der Waals surface area contributed by atoms with Crippen LogP contribution >= 0.6 is 11.3 Å². The average molecular weight is 454 g/mol. The Kier molecular flexibility index (Phi) is 8.65. The van der Waals surface area contributed by atoms with Gasteiger partial charge in [0.25, 0.3) is 5.91 Å². The minimum absolute atomic E-state index is 0.0234. The van der Waals surface area contributed by atoms with Gasteiger partial charge in [-0.15, -0.1) is 0 Å². The number of benzene rings is 2. The topological polar surface area (TPSA) is 45.7 Å². The first-order valence-corrected chi connectivity index (χ1v) is 12.4. The number of carbonyl (C=O) groups excluding carboxylic acids is 1. The van der Waals surface area contributed by atoms with Gasteiger partial charge in [-0.3, -0.25) is 9.69 Å². The molecule has 2 aromatic carbocycles. The summed E-state index contributed by atoms with van der Waals surface area (Å²) in [6, 6.07) is 11.8. The molecule has 0 radical (unpaired) electrons. The number of hydrogen-bond acceptors (Lipinski definition) is 5. The number of hydrogen-bond donors (Lipinski definition) is 0. The molecule has 1 aromatic heterocycles. The van der Waals surface area contributed by atoms with Crippen molar-refractivity contribution in [1.29, 1.82) is 0 Å². The van der Waals surface area contributed by atoms with E-state index < -0.39 is 0 Å². The number of unbranched alkanes of at least 4 members (excludes halogenated alkanes) is 1. The molecule has 1 heterocycles. The number of fused-ring (bicyclic) bond motifs is 1. The van der Waals surface area contributed by atoms with Crippen molar-refractivity contribution in [3.8, 4) is 5.75 Å². The van der Waals surface area contributed by atoms with E-state index in [9.17, 15) is 4.79 Å². The lowest BCUT2D eigenvalue weighted by atomic mass is 10.1. The van der Waals surface area contributed by atoms with Gasteiger partial charge in [0.1, 0.15) is 5.75 Å². The SMILES string of the molecule is CCCCOc1ccc(C(=O)N(CCN(CC)CC)c2nc3cc(C)c(C)cc3s2)cc1. The summed E-state index contributed by atoms with van der Waals surface area (Å²) >= 11 is 1.59. The predicted molar refractivity (Wildman–Crippen MR) is 135 cm³/mol. The van der Waals surface area contributed by atoms with Gasteiger partial charge in [-0.2, -0.15) is 0 Å². The van der Waals surface area contributed by atoms with Gasteiger partial charge in [0, 0.05) is 18.7 Å². The molecule has 3 aromatic rings. The van der Waals surface area contributed by atoms with Crippen LogP contribution in [0.5, 0.6) is 5.75 Å².